The number of non-ortho nitro benzene ring substituents is 1. The van der Waals surface area contributed by atoms with Crippen molar-refractivity contribution in [3.05, 3.63) is 118 Å². The zero-order chi connectivity index (χ0) is 23.3. The Kier molecular flexibility index (Phi) is 7.19. The highest BCUT2D eigenvalue weighted by Crippen LogP contribution is 2.30. The van der Waals surface area contributed by atoms with Crippen molar-refractivity contribution >= 4 is 15.7 Å². The van der Waals surface area contributed by atoms with Gasteiger partial charge in [0.25, 0.3) is 5.69 Å². The highest BCUT2D eigenvalue weighted by atomic mass is 32.2. The van der Waals surface area contributed by atoms with E-state index in [1.165, 1.54) is 46.8 Å². The maximum atomic E-state index is 13.6. The molecule has 0 heterocycles. The zero-order valence-corrected chi connectivity index (χ0v) is 18.4. The minimum atomic E-state index is -4.01. The summed E-state index contributed by atoms with van der Waals surface area (Å²) in [4.78, 5) is 10.5. The molecule has 7 nitrogen and oxygen atoms in total. The fraction of sp³-hybridized carbons (Fsp3) is 0.167. The van der Waals surface area contributed by atoms with Gasteiger partial charge in [0.05, 0.1) is 22.0 Å². The molecule has 0 aliphatic carbocycles. The highest BCUT2D eigenvalue weighted by molar-refractivity contribution is 7.89. The quantitative estimate of drug-likeness (QED) is 0.295. The second kappa shape index (κ2) is 9.86. The second-order valence-corrected chi connectivity index (χ2v) is 9.26. The number of sulfonamides is 1. The summed E-state index contributed by atoms with van der Waals surface area (Å²) in [6.45, 7) is 5.64. The summed E-state index contributed by atoms with van der Waals surface area (Å²) in [5.41, 5.74) is 1.89. The molecule has 0 saturated carbocycles. The number of nitrogens with zero attached hydrogens (tertiary/aromatic N) is 2. The van der Waals surface area contributed by atoms with Crippen LogP contribution in [0.5, 0.6) is 0 Å². The molecular formula is C24H24N2O5S. The molecule has 2 atom stereocenters. The summed E-state index contributed by atoms with van der Waals surface area (Å²) in [6, 6.07) is 19.9. The number of nitro groups is 1. The van der Waals surface area contributed by atoms with Gasteiger partial charge in [-0.05, 0) is 42.3 Å². The lowest BCUT2D eigenvalue weighted by molar-refractivity contribution is -0.384. The molecule has 3 aromatic rings. The number of rotatable bonds is 9. The van der Waals surface area contributed by atoms with Gasteiger partial charge in [-0.1, -0.05) is 54.1 Å². The summed E-state index contributed by atoms with van der Waals surface area (Å²) < 4.78 is 28.4. The number of benzene rings is 3. The van der Waals surface area contributed by atoms with Crippen molar-refractivity contribution < 1.29 is 18.4 Å². The Morgan fingerprint density at radius 3 is 2.16 bits per heavy atom. The van der Waals surface area contributed by atoms with E-state index in [9.17, 15) is 23.6 Å². The van der Waals surface area contributed by atoms with Gasteiger partial charge in [0.2, 0.25) is 10.0 Å². The molecule has 32 heavy (non-hydrogen) atoms. The standard InChI is InChI=1S/C24H24N2O5S/c1-3-23(24(27)20-11-13-21(14-12-20)26(28)29)25(17-19-7-5-4-6-8-19)32(30,31)22-15-9-18(2)10-16-22/h3-16,23-24,27H,1,17H2,2H3/t23-,24+/m1/s1. The molecule has 0 saturated heterocycles. The number of hydrogen-bond donors (Lipinski definition) is 1. The predicted octanol–water partition coefficient (Wildman–Crippen LogP) is 4.38. The molecule has 0 bridgehead atoms. The third-order valence-electron chi connectivity index (χ3n) is 5.15. The van der Waals surface area contributed by atoms with E-state index in [1.807, 2.05) is 25.1 Å². The summed E-state index contributed by atoms with van der Waals surface area (Å²) >= 11 is 0. The van der Waals surface area contributed by atoms with Crippen LogP contribution >= 0.6 is 0 Å². The van der Waals surface area contributed by atoms with Crippen LogP contribution < -0.4 is 0 Å². The average Bonchev–Trinajstić information content (AvgIpc) is 2.79. The number of hydrogen-bond acceptors (Lipinski definition) is 5. The predicted molar refractivity (Wildman–Crippen MR) is 122 cm³/mol. The maximum absolute atomic E-state index is 13.6. The number of nitro benzene ring substituents is 1. The summed E-state index contributed by atoms with van der Waals surface area (Å²) in [5, 5.41) is 22.0. The minimum absolute atomic E-state index is 0.0117. The van der Waals surface area contributed by atoms with Crippen LogP contribution in [-0.4, -0.2) is 28.8 Å². The molecular weight excluding hydrogens is 428 g/mol. The zero-order valence-electron chi connectivity index (χ0n) is 17.5. The van der Waals surface area contributed by atoms with Crippen LogP contribution in [0.15, 0.2) is 96.4 Å². The summed E-state index contributed by atoms with van der Waals surface area (Å²) in [6.07, 6.45) is 0.0954. The first-order valence-corrected chi connectivity index (χ1v) is 11.4. The fourth-order valence-corrected chi connectivity index (χ4v) is 4.95. The first-order valence-electron chi connectivity index (χ1n) is 9.91. The van der Waals surface area contributed by atoms with Crippen LogP contribution in [-0.2, 0) is 16.6 Å². The van der Waals surface area contributed by atoms with Crippen molar-refractivity contribution in [3.8, 4) is 0 Å². The molecule has 0 fully saturated rings. The van der Waals surface area contributed by atoms with Gasteiger partial charge in [0.15, 0.2) is 0 Å². The van der Waals surface area contributed by atoms with E-state index in [2.05, 4.69) is 6.58 Å². The molecule has 0 radical (unpaired) electrons. The third-order valence-corrected chi connectivity index (χ3v) is 7.01. The van der Waals surface area contributed by atoms with Gasteiger partial charge < -0.3 is 5.11 Å². The van der Waals surface area contributed by atoms with Crippen molar-refractivity contribution in [3.63, 3.8) is 0 Å². The maximum Gasteiger partial charge on any atom is 0.269 e. The lowest BCUT2D eigenvalue weighted by Gasteiger charge is -2.32. The van der Waals surface area contributed by atoms with E-state index < -0.39 is 27.1 Å². The third kappa shape index (κ3) is 5.11. The molecule has 0 aliphatic heterocycles. The van der Waals surface area contributed by atoms with Crippen LogP contribution in [0, 0.1) is 17.0 Å². The molecule has 0 spiro atoms. The molecule has 166 valence electrons. The lowest BCUT2D eigenvalue weighted by Crippen LogP contribution is -2.42. The minimum Gasteiger partial charge on any atom is -0.386 e. The Balaban J connectivity index is 2.04. The highest BCUT2D eigenvalue weighted by Gasteiger charge is 2.35. The molecule has 3 rings (SSSR count). The van der Waals surface area contributed by atoms with Crippen LogP contribution in [0.4, 0.5) is 5.69 Å². The van der Waals surface area contributed by atoms with Crippen molar-refractivity contribution in [2.24, 2.45) is 0 Å². The molecule has 1 N–H and O–H groups in total. The normalized spacial score (nSPS) is 13.5. The van der Waals surface area contributed by atoms with E-state index in [1.54, 1.807) is 24.3 Å². The van der Waals surface area contributed by atoms with Gasteiger partial charge in [-0.2, -0.15) is 4.31 Å². The van der Waals surface area contributed by atoms with Crippen molar-refractivity contribution in [2.75, 3.05) is 0 Å². The Hall–Kier alpha value is -3.33. The van der Waals surface area contributed by atoms with Crippen molar-refractivity contribution in [1.82, 2.24) is 4.31 Å². The van der Waals surface area contributed by atoms with Gasteiger partial charge in [-0.25, -0.2) is 8.42 Å². The van der Waals surface area contributed by atoms with Gasteiger partial charge >= 0.3 is 0 Å². The Morgan fingerprint density at radius 1 is 1.03 bits per heavy atom. The first kappa shape index (κ1) is 23.3. The monoisotopic (exact) mass is 452 g/mol. The summed E-state index contributed by atoms with van der Waals surface area (Å²) in [5.74, 6) is 0. The molecule has 8 heteroatoms. The van der Waals surface area contributed by atoms with Gasteiger partial charge in [-0.15, -0.1) is 6.58 Å². The Morgan fingerprint density at radius 2 is 1.62 bits per heavy atom. The number of aliphatic hydroxyl groups is 1. The molecule has 3 aromatic carbocycles. The largest absolute Gasteiger partial charge is 0.386 e. The van der Waals surface area contributed by atoms with E-state index in [0.29, 0.717) is 5.56 Å². The second-order valence-electron chi connectivity index (χ2n) is 7.37. The van der Waals surface area contributed by atoms with E-state index in [-0.39, 0.29) is 17.1 Å². The van der Waals surface area contributed by atoms with Gasteiger partial charge in [0.1, 0.15) is 0 Å². The van der Waals surface area contributed by atoms with Crippen molar-refractivity contribution in [2.45, 2.75) is 30.5 Å². The number of aliphatic hydroxyl groups excluding tert-OH is 1. The van der Waals surface area contributed by atoms with Crippen LogP contribution in [0.1, 0.15) is 22.8 Å². The summed E-state index contributed by atoms with van der Waals surface area (Å²) in [7, 11) is -4.01. The SMILES string of the molecule is C=C[C@H]([C@@H](O)c1ccc([N+](=O)[O-])cc1)N(Cc1ccccc1)S(=O)(=O)c1ccc(C)cc1. The van der Waals surface area contributed by atoms with Crippen LogP contribution in [0.25, 0.3) is 0 Å². The van der Waals surface area contributed by atoms with E-state index in [0.717, 1.165) is 11.1 Å². The van der Waals surface area contributed by atoms with E-state index >= 15 is 0 Å². The lowest BCUT2D eigenvalue weighted by atomic mass is 10.0. The fourth-order valence-electron chi connectivity index (χ4n) is 3.35. The molecule has 0 unspecified atom stereocenters. The van der Waals surface area contributed by atoms with Crippen LogP contribution in [0.2, 0.25) is 0 Å². The Labute approximate surface area is 187 Å². The smallest absolute Gasteiger partial charge is 0.269 e. The first-order chi connectivity index (χ1) is 15.2. The average molecular weight is 453 g/mol. The number of aryl methyl sites for hydroxylation is 1. The topological polar surface area (TPSA) is 101 Å². The van der Waals surface area contributed by atoms with Gasteiger partial charge in [-0.3, -0.25) is 10.1 Å². The van der Waals surface area contributed by atoms with Gasteiger partial charge in [0, 0.05) is 18.7 Å². The van der Waals surface area contributed by atoms with Crippen molar-refractivity contribution in [1.29, 1.82) is 0 Å². The molecule has 0 aliphatic rings. The Bertz CT molecular complexity index is 1180. The van der Waals surface area contributed by atoms with Crippen LogP contribution in [0.3, 0.4) is 0 Å². The molecule has 0 aromatic heterocycles. The van der Waals surface area contributed by atoms with E-state index in [4.69, 9.17) is 0 Å². The molecule has 0 amide bonds.